The van der Waals surface area contributed by atoms with E-state index in [1.165, 1.54) is 12.3 Å². The molecule has 1 N–H and O–H groups in total. The Balaban J connectivity index is 2.17. The smallest absolute Gasteiger partial charge is 0.337 e. The van der Waals surface area contributed by atoms with Crippen molar-refractivity contribution in [3.8, 4) is 0 Å². The fourth-order valence-electron chi connectivity index (χ4n) is 1.90. The van der Waals surface area contributed by atoms with Gasteiger partial charge >= 0.3 is 5.97 Å². The van der Waals surface area contributed by atoms with E-state index in [4.69, 9.17) is 5.11 Å². The van der Waals surface area contributed by atoms with E-state index >= 15 is 0 Å². The number of hydrogen-bond donors (Lipinski definition) is 1. The molecule has 20 heavy (non-hydrogen) atoms. The number of hydrogen-bond acceptors (Lipinski definition) is 3. The van der Waals surface area contributed by atoms with Gasteiger partial charge in [-0.25, -0.2) is 4.79 Å². The molecule has 104 valence electrons. The normalized spacial score (nSPS) is 12.1. The molecule has 1 unspecified atom stereocenters. The van der Waals surface area contributed by atoms with Gasteiger partial charge in [-0.3, -0.25) is 9.19 Å². The van der Waals surface area contributed by atoms with E-state index in [0.29, 0.717) is 5.69 Å². The Kier molecular flexibility index (Phi) is 4.29. The van der Waals surface area contributed by atoms with Crippen LogP contribution in [-0.4, -0.2) is 20.3 Å². The maximum Gasteiger partial charge on any atom is 0.337 e. The van der Waals surface area contributed by atoms with Crippen LogP contribution in [0.3, 0.4) is 0 Å². The highest BCUT2D eigenvalue weighted by atomic mass is 32.2. The quantitative estimate of drug-likeness (QED) is 0.939. The molecule has 1 heterocycles. The summed E-state index contributed by atoms with van der Waals surface area (Å²) >= 11 is 0. The number of carboxylic acid groups (broad SMARTS) is 1. The minimum atomic E-state index is -1.18. The van der Waals surface area contributed by atoms with Gasteiger partial charge in [0.25, 0.3) is 0 Å². The molecule has 1 atom stereocenters. The number of aromatic carboxylic acids is 1. The molecule has 0 fully saturated rings. The summed E-state index contributed by atoms with van der Waals surface area (Å²) in [4.78, 5) is 15.6. The monoisotopic (exact) mass is 289 g/mol. The predicted molar refractivity (Wildman–Crippen MR) is 77.2 cm³/mol. The summed E-state index contributed by atoms with van der Waals surface area (Å²) in [5, 5.41) is 8.80. The van der Waals surface area contributed by atoms with Crippen molar-refractivity contribution in [2.75, 3.05) is 0 Å². The van der Waals surface area contributed by atoms with Crippen molar-refractivity contribution in [2.24, 2.45) is 0 Å². The van der Waals surface area contributed by atoms with Gasteiger partial charge in [-0.1, -0.05) is 17.7 Å². The molecule has 4 nitrogen and oxygen atoms in total. The van der Waals surface area contributed by atoms with Gasteiger partial charge in [-0.15, -0.1) is 0 Å². The second-order valence-electron chi connectivity index (χ2n) is 4.60. The molecule has 2 rings (SSSR count). The number of benzene rings is 1. The molecule has 1 aromatic carbocycles. The van der Waals surface area contributed by atoms with Crippen LogP contribution in [0.2, 0.25) is 0 Å². The Morgan fingerprint density at radius 1 is 1.25 bits per heavy atom. The van der Waals surface area contributed by atoms with Gasteiger partial charge in [0.15, 0.2) is 0 Å². The Hall–Kier alpha value is -2.01. The average molecular weight is 289 g/mol. The number of aromatic nitrogens is 1. The van der Waals surface area contributed by atoms with Gasteiger partial charge in [0.05, 0.1) is 27.8 Å². The minimum absolute atomic E-state index is 0.131. The molecule has 0 radical (unpaired) electrons. The molecule has 0 aliphatic rings. The summed E-state index contributed by atoms with van der Waals surface area (Å²) in [5.41, 5.74) is 2.87. The van der Waals surface area contributed by atoms with Crippen molar-refractivity contribution < 1.29 is 14.1 Å². The van der Waals surface area contributed by atoms with E-state index in [1.807, 2.05) is 32.0 Å². The fraction of sp³-hybridized carbons (Fsp3) is 0.200. The first-order valence-electron chi connectivity index (χ1n) is 6.11. The summed E-state index contributed by atoms with van der Waals surface area (Å²) in [6.07, 6.45) is 1.29. The Morgan fingerprint density at radius 2 is 2.00 bits per heavy atom. The Bertz CT molecular complexity index is 665. The summed E-state index contributed by atoms with van der Waals surface area (Å²) in [7, 11) is -1.18. The number of carboxylic acids is 1. The van der Waals surface area contributed by atoms with Crippen LogP contribution in [0.4, 0.5) is 0 Å². The molecule has 2 aromatic rings. The van der Waals surface area contributed by atoms with Gasteiger partial charge in [0.2, 0.25) is 0 Å². The molecule has 1 aromatic heterocycles. The molecule has 0 aliphatic heterocycles. The van der Waals surface area contributed by atoms with Crippen LogP contribution in [0.15, 0.2) is 41.4 Å². The summed E-state index contributed by atoms with van der Waals surface area (Å²) in [5.74, 6) is -0.733. The Morgan fingerprint density at radius 3 is 2.55 bits per heavy atom. The van der Waals surface area contributed by atoms with Gasteiger partial charge in [0.1, 0.15) is 0 Å². The zero-order valence-corrected chi connectivity index (χ0v) is 12.1. The molecule has 0 saturated heterocycles. The van der Waals surface area contributed by atoms with Crippen LogP contribution >= 0.6 is 0 Å². The van der Waals surface area contributed by atoms with Crippen LogP contribution in [-0.2, 0) is 16.6 Å². The topological polar surface area (TPSA) is 67.3 Å². The highest BCUT2D eigenvalue weighted by Crippen LogP contribution is 2.17. The fourth-order valence-corrected chi connectivity index (χ4v) is 3.14. The van der Waals surface area contributed by atoms with Crippen LogP contribution < -0.4 is 0 Å². The molecule has 0 spiro atoms. The number of aryl methyl sites for hydroxylation is 2. The largest absolute Gasteiger partial charge is 0.478 e. The standard InChI is InChI=1S/C15H15NO3S/c1-10-3-6-14(11(2)7-10)20(19)9-13-5-4-12(8-16-13)15(17)18/h3-8H,9H2,1-2H3,(H,17,18). The third kappa shape index (κ3) is 3.30. The van der Waals surface area contributed by atoms with Crippen molar-refractivity contribution in [1.82, 2.24) is 4.98 Å². The van der Waals surface area contributed by atoms with E-state index < -0.39 is 16.8 Å². The number of rotatable bonds is 4. The molecule has 0 saturated carbocycles. The van der Waals surface area contributed by atoms with Gasteiger partial charge in [-0.2, -0.15) is 0 Å². The second-order valence-corrected chi connectivity index (χ2v) is 6.02. The first-order valence-corrected chi connectivity index (χ1v) is 7.43. The van der Waals surface area contributed by atoms with Crippen LogP contribution in [0.5, 0.6) is 0 Å². The lowest BCUT2D eigenvalue weighted by molar-refractivity contribution is 0.0696. The Labute approximate surface area is 119 Å². The van der Waals surface area contributed by atoms with Gasteiger partial charge in [-0.05, 0) is 37.6 Å². The third-order valence-electron chi connectivity index (χ3n) is 2.93. The molecular weight excluding hydrogens is 274 g/mol. The number of pyridine rings is 1. The van der Waals surface area contributed by atoms with Crippen molar-refractivity contribution in [1.29, 1.82) is 0 Å². The molecular formula is C15H15NO3S. The van der Waals surface area contributed by atoms with E-state index in [1.54, 1.807) is 6.07 Å². The van der Waals surface area contributed by atoms with Crippen molar-refractivity contribution in [3.63, 3.8) is 0 Å². The lowest BCUT2D eigenvalue weighted by atomic mass is 10.2. The van der Waals surface area contributed by atoms with Gasteiger partial charge < -0.3 is 5.11 Å². The molecule has 5 heteroatoms. The number of carbonyl (C=O) groups is 1. The SMILES string of the molecule is Cc1ccc(S(=O)Cc2ccc(C(=O)O)cn2)c(C)c1. The molecule has 0 bridgehead atoms. The van der Waals surface area contributed by atoms with E-state index in [0.717, 1.165) is 16.0 Å². The summed E-state index contributed by atoms with van der Waals surface area (Å²) < 4.78 is 12.3. The van der Waals surface area contributed by atoms with E-state index in [2.05, 4.69) is 4.98 Å². The second kappa shape index (κ2) is 5.96. The lowest BCUT2D eigenvalue weighted by Crippen LogP contribution is -2.03. The highest BCUT2D eigenvalue weighted by molar-refractivity contribution is 7.84. The molecule has 0 aliphatic carbocycles. The minimum Gasteiger partial charge on any atom is -0.478 e. The summed E-state index contributed by atoms with van der Waals surface area (Å²) in [6.45, 7) is 3.92. The summed E-state index contributed by atoms with van der Waals surface area (Å²) in [6, 6.07) is 8.87. The molecule has 0 amide bonds. The zero-order valence-electron chi connectivity index (χ0n) is 11.3. The highest BCUT2D eigenvalue weighted by Gasteiger charge is 2.10. The van der Waals surface area contributed by atoms with E-state index in [-0.39, 0.29) is 11.3 Å². The number of nitrogens with zero attached hydrogens (tertiary/aromatic N) is 1. The first kappa shape index (κ1) is 14.4. The maximum absolute atomic E-state index is 12.3. The zero-order chi connectivity index (χ0) is 14.7. The van der Waals surface area contributed by atoms with Crippen molar-refractivity contribution >= 4 is 16.8 Å². The van der Waals surface area contributed by atoms with E-state index in [9.17, 15) is 9.00 Å². The van der Waals surface area contributed by atoms with Crippen LogP contribution in [0.1, 0.15) is 27.2 Å². The average Bonchev–Trinajstić information content (AvgIpc) is 2.39. The first-order chi connectivity index (χ1) is 9.47. The van der Waals surface area contributed by atoms with Crippen molar-refractivity contribution in [2.45, 2.75) is 24.5 Å². The van der Waals surface area contributed by atoms with Crippen LogP contribution in [0.25, 0.3) is 0 Å². The maximum atomic E-state index is 12.3. The predicted octanol–water partition coefficient (Wildman–Crippen LogP) is 2.70. The van der Waals surface area contributed by atoms with Crippen LogP contribution in [0, 0.1) is 13.8 Å². The lowest BCUT2D eigenvalue weighted by Gasteiger charge is -2.07. The van der Waals surface area contributed by atoms with Crippen molar-refractivity contribution in [3.05, 3.63) is 58.9 Å². The third-order valence-corrected chi connectivity index (χ3v) is 4.43. The van der Waals surface area contributed by atoms with Gasteiger partial charge in [0, 0.05) is 11.1 Å².